The molecule has 2 aromatic rings. The first kappa shape index (κ1) is 11.3. The molecule has 0 saturated carbocycles. The maximum absolute atomic E-state index is 11.6. The summed E-state index contributed by atoms with van der Waals surface area (Å²) in [5, 5.41) is 10.7. The maximum atomic E-state index is 11.6. The van der Waals surface area contributed by atoms with Crippen molar-refractivity contribution in [2.45, 2.75) is 6.42 Å². The summed E-state index contributed by atoms with van der Waals surface area (Å²) in [6.07, 6.45) is 5.55. The van der Waals surface area contributed by atoms with Crippen LogP contribution in [-0.2, 0) is 20.5 Å². The molecule has 7 nitrogen and oxygen atoms in total. The van der Waals surface area contributed by atoms with Crippen LogP contribution < -0.4 is 10.9 Å². The normalized spacial score (nSPS) is 10.5. The van der Waals surface area contributed by atoms with E-state index in [-0.39, 0.29) is 5.56 Å². The Hall–Kier alpha value is -2.18. The van der Waals surface area contributed by atoms with Crippen LogP contribution in [0.5, 0.6) is 0 Å². The molecule has 0 spiro atoms. The number of aromatic nitrogens is 5. The lowest BCUT2D eigenvalue weighted by Crippen LogP contribution is -2.23. The number of aryl methyl sites for hydroxylation is 2. The van der Waals surface area contributed by atoms with Gasteiger partial charge in [0.25, 0.3) is 5.56 Å². The molecule has 7 heteroatoms. The fourth-order valence-electron chi connectivity index (χ4n) is 1.45. The summed E-state index contributed by atoms with van der Waals surface area (Å²) in [6, 6.07) is 0. The molecular weight excluding hydrogens is 220 g/mol. The predicted molar refractivity (Wildman–Crippen MR) is 62.7 cm³/mol. The van der Waals surface area contributed by atoms with E-state index in [9.17, 15) is 4.79 Å². The number of rotatable bonds is 4. The summed E-state index contributed by atoms with van der Waals surface area (Å²) in [4.78, 5) is 15.6. The molecule has 0 saturated heterocycles. The zero-order valence-corrected chi connectivity index (χ0v) is 9.79. The van der Waals surface area contributed by atoms with Crippen LogP contribution in [0, 0.1) is 0 Å². The van der Waals surface area contributed by atoms with Crippen molar-refractivity contribution >= 4 is 5.82 Å². The average molecular weight is 234 g/mol. The molecule has 1 N–H and O–H groups in total. The topological polar surface area (TPSA) is 77.6 Å². The van der Waals surface area contributed by atoms with E-state index < -0.39 is 0 Å². The fraction of sp³-hybridized carbons (Fsp3) is 0.400. The van der Waals surface area contributed by atoms with Gasteiger partial charge in [0.1, 0.15) is 12.2 Å². The number of nitrogens with zero attached hydrogens (tertiary/aromatic N) is 5. The van der Waals surface area contributed by atoms with Gasteiger partial charge < -0.3 is 14.5 Å². The molecule has 0 aliphatic carbocycles. The molecule has 17 heavy (non-hydrogen) atoms. The molecule has 0 radical (unpaired) electrons. The minimum absolute atomic E-state index is 0.134. The summed E-state index contributed by atoms with van der Waals surface area (Å²) in [5.41, 5.74) is -0.134. The smallest absolute Gasteiger partial charge is 0.293 e. The Morgan fingerprint density at radius 1 is 1.35 bits per heavy atom. The Balaban J connectivity index is 1.97. The third kappa shape index (κ3) is 2.49. The van der Waals surface area contributed by atoms with E-state index in [4.69, 9.17) is 0 Å². The zero-order valence-electron chi connectivity index (χ0n) is 9.79. The van der Waals surface area contributed by atoms with Crippen molar-refractivity contribution < 1.29 is 0 Å². The van der Waals surface area contributed by atoms with E-state index in [0.29, 0.717) is 18.8 Å². The highest BCUT2D eigenvalue weighted by Gasteiger charge is 2.03. The molecule has 0 aliphatic heterocycles. The SMILES string of the molecule is Cn1cnnc1CCNc1nccn(C)c1=O. The minimum atomic E-state index is -0.134. The van der Waals surface area contributed by atoms with Crippen molar-refractivity contribution in [2.24, 2.45) is 14.1 Å². The number of anilines is 1. The van der Waals surface area contributed by atoms with Crippen LogP contribution in [-0.4, -0.2) is 30.9 Å². The fourth-order valence-corrected chi connectivity index (χ4v) is 1.45. The summed E-state index contributed by atoms with van der Waals surface area (Å²) < 4.78 is 3.33. The minimum Gasteiger partial charge on any atom is -0.365 e. The van der Waals surface area contributed by atoms with Crippen molar-refractivity contribution in [3.8, 4) is 0 Å². The second-order valence-corrected chi connectivity index (χ2v) is 3.73. The Morgan fingerprint density at radius 3 is 2.88 bits per heavy atom. The largest absolute Gasteiger partial charge is 0.365 e. The van der Waals surface area contributed by atoms with E-state index in [0.717, 1.165) is 5.82 Å². The molecule has 0 aliphatic rings. The lowest BCUT2D eigenvalue weighted by molar-refractivity contribution is 0.782. The molecule has 0 fully saturated rings. The summed E-state index contributed by atoms with van der Waals surface area (Å²) >= 11 is 0. The van der Waals surface area contributed by atoms with Gasteiger partial charge in [-0.15, -0.1) is 10.2 Å². The molecule has 90 valence electrons. The predicted octanol–water partition coefficient (Wildman–Crippen LogP) is -0.437. The van der Waals surface area contributed by atoms with Crippen molar-refractivity contribution in [1.82, 2.24) is 24.3 Å². The third-order valence-electron chi connectivity index (χ3n) is 2.46. The second-order valence-electron chi connectivity index (χ2n) is 3.73. The number of hydrogen-bond acceptors (Lipinski definition) is 5. The van der Waals surface area contributed by atoms with Crippen LogP contribution in [0.2, 0.25) is 0 Å². The van der Waals surface area contributed by atoms with Gasteiger partial charge in [-0.3, -0.25) is 4.79 Å². The molecule has 0 amide bonds. The molecular formula is C10H14N6O. The van der Waals surface area contributed by atoms with Gasteiger partial charge in [-0.25, -0.2) is 4.98 Å². The van der Waals surface area contributed by atoms with Crippen molar-refractivity contribution in [3.63, 3.8) is 0 Å². The van der Waals surface area contributed by atoms with Crippen molar-refractivity contribution in [3.05, 3.63) is 34.9 Å². The second kappa shape index (κ2) is 4.77. The van der Waals surface area contributed by atoms with Crippen LogP contribution in [0.4, 0.5) is 5.82 Å². The van der Waals surface area contributed by atoms with Gasteiger partial charge in [-0.2, -0.15) is 0 Å². The first-order valence-corrected chi connectivity index (χ1v) is 5.27. The Kier molecular flexibility index (Phi) is 3.17. The average Bonchev–Trinajstić information content (AvgIpc) is 2.71. The van der Waals surface area contributed by atoms with Crippen LogP contribution >= 0.6 is 0 Å². The zero-order chi connectivity index (χ0) is 12.3. The van der Waals surface area contributed by atoms with Crippen LogP contribution in [0.1, 0.15) is 5.82 Å². The van der Waals surface area contributed by atoms with Gasteiger partial charge in [0.05, 0.1) is 0 Å². The first-order valence-electron chi connectivity index (χ1n) is 5.27. The Morgan fingerprint density at radius 2 is 2.18 bits per heavy atom. The van der Waals surface area contributed by atoms with E-state index in [1.165, 1.54) is 4.57 Å². The molecule has 0 aromatic carbocycles. The summed E-state index contributed by atoms with van der Waals surface area (Å²) in [7, 11) is 3.58. The van der Waals surface area contributed by atoms with Crippen molar-refractivity contribution in [2.75, 3.05) is 11.9 Å². The molecule has 0 atom stereocenters. The highest BCUT2D eigenvalue weighted by Crippen LogP contribution is 1.95. The van der Waals surface area contributed by atoms with Gasteiger partial charge in [-0.05, 0) is 0 Å². The van der Waals surface area contributed by atoms with E-state index in [2.05, 4.69) is 20.5 Å². The van der Waals surface area contributed by atoms with Crippen LogP contribution in [0.3, 0.4) is 0 Å². The highest BCUT2D eigenvalue weighted by molar-refractivity contribution is 5.30. The van der Waals surface area contributed by atoms with E-state index in [1.807, 2.05) is 11.6 Å². The van der Waals surface area contributed by atoms with Gasteiger partial charge in [0.2, 0.25) is 0 Å². The molecule has 0 unspecified atom stereocenters. The summed E-state index contributed by atoms with van der Waals surface area (Å²) in [6.45, 7) is 0.596. The Labute approximate surface area is 98.1 Å². The van der Waals surface area contributed by atoms with Gasteiger partial charge >= 0.3 is 0 Å². The van der Waals surface area contributed by atoms with Crippen LogP contribution in [0.15, 0.2) is 23.5 Å². The molecule has 2 aromatic heterocycles. The third-order valence-corrected chi connectivity index (χ3v) is 2.46. The molecule has 0 bridgehead atoms. The van der Waals surface area contributed by atoms with E-state index >= 15 is 0 Å². The number of nitrogens with one attached hydrogen (secondary N) is 1. The van der Waals surface area contributed by atoms with Gasteiger partial charge in [-0.1, -0.05) is 0 Å². The van der Waals surface area contributed by atoms with E-state index in [1.54, 1.807) is 25.8 Å². The van der Waals surface area contributed by atoms with Gasteiger partial charge in [0, 0.05) is 39.5 Å². The molecule has 2 heterocycles. The highest BCUT2D eigenvalue weighted by atomic mass is 16.1. The van der Waals surface area contributed by atoms with Crippen molar-refractivity contribution in [1.29, 1.82) is 0 Å². The Bertz CT molecular complexity index is 558. The maximum Gasteiger partial charge on any atom is 0.293 e. The lowest BCUT2D eigenvalue weighted by Gasteiger charge is -2.05. The summed E-state index contributed by atoms with van der Waals surface area (Å²) in [5.74, 6) is 1.22. The number of hydrogen-bond donors (Lipinski definition) is 1. The van der Waals surface area contributed by atoms with Crippen LogP contribution in [0.25, 0.3) is 0 Å². The standard InChI is InChI=1S/C10H14N6O/c1-15-6-5-12-9(10(15)17)11-4-3-8-14-13-7-16(8)2/h5-7H,3-4H2,1-2H3,(H,11,12). The monoisotopic (exact) mass is 234 g/mol. The lowest BCUT2D eigenvalue weighted by atomic mass is 10.4. The molecule has 2 rings (SSSR count). The quantitative estimate of drug-likeness (QED) is 0.776. The first-order chi connectivity index (χ1) is 8.18. The van der Waals surface area contributed by atoms with Gasteiger partial charge in [0.15, 0.2) is 5.82 Å².